The van der Waals surface area contributed by atoms with Crippen LogP contribution in [0.25, 0.3) is 0 Å². The molecule has 5 heteroatoms. The van der Waals surface area contributed by atoms with Crippen LogP contribution in [0.15, 0.2) is 12.1 Å². The lowest BCUT2D eigenvalue weighted by Gasteiger charge is -2.21. The summed E-state index contributed by atoms with van der Waals surface area (Å²) in [6.45, 7) is 0.343. The Labute approximate surface area is 98.3 Å². The van der Waals surface area contributed by atoms with Gasteiger partial charge in [-0.1, -0.05) is 18.3 Å². The number of methoxy groups -OCH3 is 1. The number of hydrogen-bond acceptors (Lipinski definition) is 5. The number of ether oxygens (including phenoxy) is 2. The van der Waals surface area contributed by atoms with Gasteiger partial charge in [0, 0.05) is 22.5 Å². The molecule has 0 fully saturated rings. The normalized spacial score (nSPS) is 13.9. The Balaban J connectivity index is 2.55. The fraction of sp³-hybridized carbons (Fsp3) is 0.273. The predicted molar refractivity (Wildman–Crippen MR) is 64.0 cm³/mol. The zero-order chi connectivity index (χ0) is 11.7. The van der Waals surface area contributed by atoms with Crippen LogP contribution in [0.1, 0.15) is 15.9 Å². The van der Waals surface area contributed by atoms with Crippen LogP contribution in [-0.4, -0.2) is 24.6 Å². The van der Waals surface area contributed by atoms with Gasteiger partial charge in [-0.25, -0.2) is 4.79 Å². The van der Waals surface area contributed by atoms with E-state index in [0.717, 1.165) is 10.4 Å². The molecule has 1 aromatic rings. The highest BCUT2D eigenvalue weighted by atomic mass is 32.1. The average Bonchev–Trinajstić information content (AvgIpc) is 2.28. The lowest BCUT2D eigenvalue weighted by Crippen LogP contribution is -2.21. The largest absolute Gasteiger partial charge is 0.487 e. The highest BCUT2D eigenvalue weighted by molar-refractivity contribution is 7.80. The van der Waals surface area contributed by atoms with Crippen molar-refractivity contribution in [3.63, 3.8) is 0 Å². The summed E-state index contributed by atoms with van der Waals surface area (Å²) in [5.74, 6) is 0.0163. The molecule has 1 aliphatic rings. The number of benzene rings is 1. The quantitative estimate of drug-likeness (QED) is 0.454. The second-order valence-corrected chi connectivity index (χ2v) is 4.09. The van der Waals surface area contributed by atoms with Crippen molar-refractivity contribution in [3.8, 4) is 5.75 Å². The van der Waals surface area contributed by atoms with Gasteiger partial charge in [0.05, 0.1) is 7.11 Å². The molecule has 84 valence electrons. The number of rotatable bonds is 1. The molecule has 0 saturated heterocycles. The molecule has 0 unspecified atom stereocenters. The van der Waals surface area contributed by atoms with Crippen molar-refractivity contribution >= 4 is 28.7 Å². The van der Waals surface area contributed by atoms with E-state index in [2.05, 4.69) is 4.74 Å². The van der Waals surface area contributed by atoms with Gasteiger partial charge in [0.15, 0.2) is 0 Å². The Kier molecular flexibility index (Phi) is 2.78. The Morgan fingerprint density at radius 3 is 3.00 bits per heavy atom. The van der Waals surface area contributed by atoms with Crippen LogP contribution < -0.4 is 10.5 Å². The number of anilines is 1. The van der Waals surface area contributed by atoms with Crippen molar-refractivity contribution in [1.29, 1.82) is 0 Å². The van der Waals surface area contributed by atoms with Crippen molar-refractivity contribution in [2.24, 2.45) is 0 Å². The average molecular weight is 237 g/mol. The first kappa shape index (κ1) is 10.9. The minimum absolute atomic E-state index is 0.294. The van der Waals surface area contributed by atoms with Crippen molar-refractivity contribution in [3.05, 3.63) is 23.3 Å². The van der Waals surface area contributed by atoms with Crippen LogP contribution in [0.4, 0.5) is 5.69 Å². The van der Waals surface area contributed by atoms with Gasteiger partial charge >= 0.3 is 5.97 Å². The van der Waals surface area contributed by atoms with E-state index in [4.69, 9.17) is 22.7 Å². The monoisotopic (exact) mass is 237 g/mol. The molecule has 0 bridgehead atoms. The molecule has 4 nitrogen and oxygen atoms in total. The number of esters is 1. The minimum Gasteiger partial charge on any atom is -0.487 e. The maximum atomic E-state index is 11.6. The number of fused-ring (bicyclic) bond motifs is 1. The smallest absolute Gasteiger partial charge is 0.343 e. The Hall–Kier alpha value is -1.62. The number of carbonyl (C=O) groups is 1. The zero-order valence-corrected chi connectivity index (χ0v) is 9.60. The number of hydrogen-bond donors (Lipinski definition) is 1. The van der Waals surface area contributed by atoms with Crippen LogP contribution in [0, 0.1) is 0 Å². The van der Waals surface area contributed by atoms with Gasteiger partial charge in [-0.3, -0.25) is 0 Å². The van der Waals surface area contributed by atoms with E-state index in [-0.39, 0.29) is 0 Å². The van der Waals surface area contributed by atoms with Gasteiger partial charge in [-0.15, -0.1) is 0 Å². The third-order valence-corrected chi connectivity index (χ3v) is 2.69. The van der Waals surface area contributed by atoms with E-state index in [9.17, 15) is 4.79 Å². The molecule has 0 saturated carbocycles. The third-order valence-electron chi connectivity index (χ3n) is 2.43. The Bertz CT molecular complexity index is 471. The zero-order valence-electron chi connectivity index (χ0n) is 8.78. The summed E-state index contributed by atoms with van der Waals surface area (Å²) in [7, 11) is 1.31. The van der Waals surface area contributed by atoms with Crippen molar-refractivity contribution in [2.45, 2.75) is 6.42 Å². The molecule has 1 aromatic carbocycles. The van der Waals surface area contributed by atoms with Gasteiger partial charge in [0.2, 0.25) is 0 Å². The first-order valence-electron chi connectivity index (χ1n) is 4.77. The minimum atomic E-state index is -0.484. The van der Waals surface area contributed by atoms with E-state index in [1.54, 1.807) is 6.07 Å². The maximum absolute atomic E-state index is 11.6. The summed E-state index contributed by atoms with van der Waals surface area (Å²) < 4.78 is 10.1. The molecule has 0 amide bonds. The van der Waals surface area contributed by atoms with Crippen molar-refractivity contribution in [2.75, 3.05) is 19.5 Å². The summed E-state index contributed by atoms with van der Waals surface area (Å²) in [6, 6.07) is 3.49. The fourth-order valence-corrected chi connectivity index (χ4v) is 1.89. The van der Waals surface area contributed by atoms with Crippen LogP contribution in [0.5, 0.6) is 5.75 Å². The maximum Gasteiger partial charge on any atom is 0.343 e. The van der Waals surface area contributed by atoms with Gasteiger partial charge < -0.3 is 15.2 Å². The molecule has 2 rings (SSSR count). The standard InChI is InChI=1S/C11H11NO3S/c1-14-11(13)9-8(12)3-2-6-4-7(16)5-15-10(6)9/h2-3H,4-5,12H2,1H3. The SMILES string of the molecule is COC(=O)c1c(N)ccc2c1OCC(=S)C2. The van der Waals surface area contributed by atoms with Crippen LogP contribution in [0.2, 0.25) is 0 Å². The summed E-state index contributed by atoms with van der Waals surface area (Å²) in [4.78, 5) is 12.4. The van der Waals surface area contributed by atoms with E-state index < -0.39 is 5.97 Å². The summed E-state index contributed by atoms with van der Waals surface area (Å²) in [5, 5.41) is 0. The summed E-state index contributed by atoms with van der Waals surface area (Å²) in [6.07, 6.45) is 0.634. The molecule has 0 spiro atoms. The summed E-state index contributed by atoms with van der Waals surface area (Å²) >= 11 is 5.08. The molecule has 16 heavy (non-hydrogen) atoms. The summed E-state index contributed by atoms with van der Waals surface area (Å²) in [5.41, 5.74) is 7.28. The van der Waals surface area contributed by atoms with E-state index >= 15 is 0 Å². The number of nitrogen functional groups attached to an aromatic ring is 1. The molecule has 1 aliphatic heterocycles. The molecule has 1 heterocycles. The first-order chi connectivity index (χ1) is 7.63. The van der Waals surface area contributed by atoms with E-state index in [1.165, 1.54) is 7.11 Å². The molecular weight excluding hydrogens is 226 g/mol. The van der Waals surface area contributed by atoms with E-state index in [1.807, 2.05) is 6.07 Å². The van der Waals surface area contributed by atoms with Crippen LogP contribution in [-0.2, 0) is 11.2 Å². The molecule has 0 radical (unpaired) electrons. The molecule has 0 aliphatic carbocycles. The lowest BCUT2D eigenvalue weighted by atomic mass is 10.0. The molecule has 2 N–H and O–H groups in total. The predicted octanol–water partition coefficient (Wildman–Crippen LogP) is 1.36. The molecular formula is C11H11NO3S. The van der Waals surface area contributed by atoms with Crippen LogP contribution in [0.3, 0.4) is 0 Å². The van der Waals surface area contributed by atoms with Gasteiger partial charge in [0.25, 0.3) is 0 Å². The van der Waals surface area contributed by atoms with Crippen molar-refractivity contribution in [1.82, 2.24) is 0 Å². The van der Waals surface area contributed by atoms with Crippen LogP contribution >= 0.6 is 12.2 Å². The second kappa shape index (κ2) is 4.09. The highest BCUT2D eigenvalue weighted by Crippen LogP contribution is 2.32. The fourth-order valence-electron chi connectivity index (χ4n) is 1.67. The van der Waals surface area contributed by atoms with Crippen molar-refractivity contribution < 1.29 is 14.3 Å². The Morgan fingerprint density at radius 2 is 2.31 bits per heavy atom. The molecule has 0 atom stereocenters. The topological polar surface area (TPSA) is 61.5 Å². The number of nitrogens with two attached hydrogens (primary N) is 1. The Morgan fingerprint density at radius 1 is 1.56 bits per heavy atom. The third kappa shape index (κ3) is 1.74. The lowest BCUT2D eigenvalue weighted by molar-refractivity contribution is 0.0597. The second-order valence-electron chi connectivity index (χ2n) is 3.51. The highest BCUT2D eigenvalue weighted by Gasteiger charge is 2.24. The molecule has 0 aromatic heterocycles. The van der Waals surface area contributed by atoms with Gasteiger partial charge in [-0.05, 0) is 6.07 Å². The van der Waals surface area contributed by atoms with Gasteiger partial charge in [-0.2, -0.15) is 0 Å². The van der Waals surface area contributed by atoms with Gasteiger partial charge in [0.1, 0.15) is 17.9 Å². The first-order valence-corrected chi connectivity index (χ1v) is 5.18. The van der Waals surface area contributed by atoms with E-state index in [0.29, 0.717) is 30.0 Å². The number of carbonyl (C=O) groups excluding carboxylic acids is 1. The number of thiocarbonyl (C=S) groups is 1.